The molecule has 1 aliphatic carbocycles. The van der Waals surface area contributed by atoms with Crippen molar-refractivity contribution in [1.82, 2.24) is 28.7 Å². The molecule has 4 aromatic rings. The van der Waals surface area contributed by atoms with E-state index in [0.29, 0.717) is 23.4 Å². The quantitative estimate of drug-likeness (QED) is 0.367. The molecule has 204 valence electrons. The van der Waals surface area contributed by atoms with E-state index in [1.165, 1.54) is 30.9 Å². The van der Waals surface area contributed by atoms with Gasteiger partial charge in [0.1, 0.15) is 22.1 Å². The van der Waals surface area contributed by atoms with Crippen LogP contribution in [0, 0.1) is 6.92 Å². The Balaban J connectivity index is 1.45. The highest BCUT2D eigenvalue weighted by atomic mass is 32.1. The second kappa shape index (κ2) is 9.25. The standard InChI is InChI=1S/C24H22F3N7O4S/c1-4-14(35)9-33-20(36)16-18(32(3)22(33)38)29-11-34(16)23(5-6-23)21(37)31-15-10-39-19(30-15)13-7-12(2)17(28-8-13)24(25,26)27/h7-8,10-11H,4-6,9H2,1-3H3,(H,31,37). The molecule has 11 nitrogen and oxygen atoms in total. The number of thiazole rings is 1. The van der Waals surface area contributed by atoms with Gasteiger partial charge in [-0.3, -0.25) is 28.5 Å². The lowest BCUT2D eigenvalue weighted by atomic mass is 10.1. The highest BCUT2D eigenvalue weighted by Crippen LogP contribution is 2.45. The maximum Gasteiger partial charge on any atom is 0.433 e. The van der Waals surface area contributed by atoms with Crippen molar-refractivity contribution in [2.45, 2.75) is 51.4 Å². The van der Waals surface area contributed by atoms with E-state index in [1.807, 2.05) is 0 Å². The van der Waals surface area contributed by atoms with Crippen LogP contribution < -0.4 is 16.6 Å². The van der Waals surface area contributed by atoms with Gasteiger partial charge in [-0.2, -0.15) is 13.2 Å². The Labute approximate surface area is 222 Å². The molecule has 1 aliphatic rings. The Morgan fingerprint density at radius 2 is 1.92 bits per heavy atom. The smallest absolute Gasteiger partial charge is 0.309 e. The molecule has 15 heteroatoms. The van der Waals surface area contributed by atoms with Crippen LogP contribution in [0.25, 0.3) is 21.7 Å². The van der Waals surface area contributed by atoms with Gasteiger partial charge < -0.3 is 9.88 Å². The zero-order valence-corrected chi connectivity index (χ0v) is 21.8. The first-order valence-electron chi connectivity index (χ1n) is 11.9. The lowest BCUT2D eigenvalue weighted by Crippen LogP contribution is -2.42. The van der Waals surface area contributed by atoms with Crippen LogP contribution in [-0.4, -0.2) is 40.3 Å². The van der Waals surface area contributed by atoms with Crippen LogP contribution in [0.5, 0.6) is 0 Å². The summed E-state index contributed by atoms with van der Waals surface area (Å²) < 4.78 is 42.6. The zero-order valence-electron chi connectivity index (χ0n) is 21.0. The van der Waals surface area contributed by atoms with E-state index in [-0.39, 0.29) is 41.3 Å². The van der Waals surface area contributed by atoms with Gasteiger partial charge in [0.05, 0.1) is 12.9 Å². The summed E-state index contributed by atoms with van der Waals surface area (Å²) in [6.45, 7) is 2.55. The molecule has 1 fully saturated rings. The summed E-state index contributed by atoms with van der Waals surface area (Å²) in [5, 5.41) is 4.64. The molecule has 4 aromatic heterocycles. The topological polar surface area (TPSA) is 134 Å². The van der Waals surface area contributed by atoms with Crippen LogP contribution in [0.4, 0.5) is 19.0 Å². The summed E-state index contributed by atoms with van der Waals surface area (Å²) in [5.41, 5.74) is -3.10. The fourth-order valence-corrected chi connectivity index (χ4v) is 5.14. The zero-order chi connectivity index (χ0) is 28.3. The Kier molecular flexibility index (Phi) is 6.28. The monoisotopic (exact) mass is 561 g/mol. The molecule has 0 spiro atoms. The molecular weight excluding hydrogens is 539 g/mol. The maximum absolute atomic E-state index is 13.4. The first-order valence-corrected chi connectivity index (χ1v) is 12.8. The number of anilines is 1. The number of Topliss-reactive ketones (excluding diaryl/α,β-unsaturated/α-hetero) is 1. The number of nitrogens with zero attached hydrogens (tertiary/aromatic N) is 6. The molecule has 4 heterocycles. The molecule has 1 amide bonds. The predicted octanol–water partition coefficient (Wildman–Crippen LogP) is 2.85. The van der Waals surface area contributed by atoms with Gasteiger partial charge in [-0.25, -0.2) is 14.8 Å². The van der Waals surface area contributed by atoms with Gasteiger partial charge in [0.2, 0.25) is 0 Å². The van der Waals surface area contributed by atoms with E-state index in [1.54, 1.807) is 12.3 Å². The lowest BCUT2D eigenvalue weighted by Gasteiger charge is -2.17. The van der Waals surface area contributed by atoms with Crippen LogP contribution in [0.15, 0.2) is 33.6 Å². The molecule has 0 unspecified atom stereocenters. The number of aryl methyl sites for hydroxylation is 2. The number of halogens is 3. The molecule has 1 saturated carbocycles. The number of hydrogen-bond donors (Lipinski definition) is 1. The van der Waals surface area contributed by atoms with Crippen molar-refractivity contribution in [2.24, 2.45) is 7.05 Å². The van der Waals surface area contributed by atoms with E-state index in [9.17, 15) is 32.3 Å². The molecule has 0 bridgehead atoms. The predicted molar refractivity (Wildman–Crippen MR) is 135 cm³/mol. The number of carbonyl (C=O) groups is 2. The summed E-state index contributed by atoms with van der Waals surface area (Å²) >= 11 is 1.12. The van der Waals surface area contributed by atoms with Crippen molar-refractivity contribution in [3.8, 4) is 10.6 Å². The number of nitrogens with one attached hydrogen (secondary N) is 1. The van der Waals surface area contributed by atoms with Gasteiger partial charge >= 0.3 is 11.9 Å². The van der Waals surface area contributed by atoms with Crippen LogP contribution in [-0.2, 0) is 34.9 Å². The Hall–Kier alpha value is -4.14. The normalized spacial score (nSPS) is 14.5. The van der Waals surface area contributed by atoms with Gasteiger partial charge in [-0.15, -0.1) is 11.3 Å². The minimum atomic E-state index is -4.57. The molecule has 1 N–H and O–H groups in total. The Bertz CT molecular complexity index is 1760. The minimum absolute atomic E-state index is 0.0268. The van der Waals surface area contributed by atoms with Crippen LogP contribution in [0.1, 0.15) is 37.4 Å². The van der Waals surface area contributed by atoms with Gasteiger partial charge in [0.15, 0.2) is 16.9 Å². The Morgan fingerprint density at radius 1 is 1.21 bits per heavy atom. The van der Waals surface area contributed by atoms with Crippen molar-refractivity contribution in [1.29, 1.82) is 0 Å². The van der Waals surface area contributed by atoms with Gasteiger partial charge in [-0.05, 0) is 31.4 Å². The molecule has 5 rings (SSSR count). The molecule has 0 saturated heterocycles. The highest BCUT2D eigenvalue weighted by Gasteiger charge is 2.53. The van der Waals surface area contributed by atoms with E-state index < -0.39 is 34.6 Å². The molecule has 0 aromatic carbocycles. The number of ketones is 1. The molecular formula is C24H22F3N7O4S. The van der Waals surface area contributed by atoms with Gasteiger partial charge in [0.25, 0.3) is 11.5 Å². The largest absolute Gasteiger partial charge is 0.433 e. The minimum Gasteiger partial charge on any atom is -0.309 e. The number of rotatable bonds is 7. The molecule has 39 heavy (non-hydrogen) atoms. The fourth-order valence-electron chi connectivity index (χ4n) is 4.40. The second-order valence-electron chi connectivity index (χ2n) is 9.32. The first kappa shape index (κ1) is 26.5. The van der Waals surface area contributed by atoms with Crippen LogP contribution in [0.3, 0.4) is 0 Å². The van der Waals surface area contributed by atoms with E-state index in [4.69, 9.17) is 0 Å². The van der Waals surface area contributed by atoms with Crippen molar-refractivity contribution >= 4 is 40.0 Å². The van der Waals surface area contributed by atoms with Crippen molar-refractivity contribution in [2.75, 3.05) is 5.32 Å². The van der Waals surface area contributed by atoms with Crippen LogP contribution >= 0.6 is 11.3 Å². The number of carbonyl (C=O) groups excluding carboxylic acids is 2. The second-order valence-corrected chi connectivity index (χ2v) is 10.2. The number of imidazole rings is 1. The van der Waals surface area contributed by atoms with E-state index in [0.717, 1.165) is 26.7 Å². The lowest BCUT2D eigenvalue weighted by molar-refractivity contribution is -0.141. The number of fused-ring (bicyclic) bond motifs is 1. The first-order chi connectivity index (χ1) is 18.4. The van der Waals surface area contributed by atoms with E-state index in [2.05, 4.69) is 20.3 Å². The Morgan fingerprint density at radius 3 is 2.54 bits per heavy atom. The molecule has 0 aliphatic heterocycles. The summed E-state index contributed by atoms with van der Waals surface area (Å²) in [4.78, 5) is 63.4. The van der Waals surface area contributed by atoms with Crippen molar-refractivity contribution in [3.05, 3.63) is 56.1 Å². The number of alkyl halides is 3. The molecule has 0 atom stereocenters. The summed E-state index contributed by atoms with van der Waals surface area (Å²) in [6, 6.07) is 1.33. The summed E-state index contributed by atoms with van der Waals surface area (Å²) in [5.74, 6) is -0.576. The molecule has 0 radical (unpaired) electrons. The van der Waals surface area contributed by atoms with Gasteiger partial charge in [-0.1, -0.05) is 6.92 Å². The highest BCUT2D eigenvalue weighted by molar-refractivity contribution is 7.13. The third-order valence-corrected chi connectivity index (χ3v) is 7.60. The number of amides is 1. The SMILES string of the molecule is CCC(=O)Cn1c(=O)c2c(ncn2C2(C(=O)Nc3csc(-c4cnc(C(F)(F)F)c(C)c4)n3)CC2)n(C)c1=O. The maximum atomic E-state index is 13.4. The summed E-state index contributed by atoms with van der Waals surface area (Å²) in [7, 11) is 1.43. The third kappa shape index (κ3) is 4.45. The average Bonchev–Trinajstić information content (AvgIpc) is 3.34. The van der Waals surface area contributed by atoms with Crippen molar-refractivity contribution in [3.63, 3.8) is 0 Å². The number of hydrogen-bond acceptors (Lipinski definition) is 8. The van der Waals surface area contributed by atoms with Gasteiger partial charge in [0, 0.05) is 30.6 Å². The third-order valence-electron chi connectivity index (χ3n) is 6.71. The summed E-state index contributed by atoms with van der Waals surface area (Å²) in [6.07, 6.45) is -1.23. The van der Waals surface area contributed by atoms with Crippen LogP contribution in [0.2, 0.25) is 0 Å². The number of aromatic nitrogens is 6. The fraction of sp³-hybridized carbons (Fsp3) is 0.375. The number of pyridine rings is 1. The van der Waals surface area contributed by atoms with Crippen molar-refractivity contribution < 1.29 is 22.8 Å². The average molecular weight is 562 g/mol. The van der Waals surface area contributed by atoms with E-state index >= 15 is 0 Å².